The van der Waals surface area contributed by atoms with Crippen LogP contribution < -0.4 is 4.74 Å². The van der Waals surface area contributed by atoms with E-state index in [1.807, 2.05) is 0 Å². The first-order valence-electron chi connectivity index (χ1n) is 7.47. The van der Waals surface area contributed by atoms with Crippen molar-refractivity contribution in [2.24, 2.45) is 0 Å². The molecule has 0 fully saturated rings. The van der Waals surface area contributed by atoms with E-state index in [9.17, 15) is 13.2 Å². The first kappa shape index (κ1) is 18.7. The summed E-state index contributed by atoms with van der Waals surface area (Å²) in [5, 5.41) is 8.56. The first-order valence-corrected chi connectivity index (χ1v) is 8.88. The lowest BCUT2D eigenvalue weighted by Gasteiger charge is -2.09. The highest BCUT2D eigenvalue weighted by Gasteiger charge is 2.17. The van der Waals surface area contributed by atoms with E-state index in [1.54, 1.807) is 49.4 Å². The van der Waals surface area contributed by atoms with E-state index >= 15 is 0 Å². The van der Waals surface area contributed by atoms with Crippen LogP contribution in [0.3, 0.4) is 0 Å². The maximum atomic E-state index is 12.1. The smallest absolute Gasteiger partial charge is 0.328 e. The van der Waals surface area contributed by atoms with E-state index in [0.717, 1.165) is 6.08 Å². The van der Waals surface area contributed by atoms with Gasteiger partial charge >= 0.3 is 5.97 Å². The van der Waals surface area contributed by atoms with Crippen LogP contribution in [0.4, 0.5) is 0 Å². The SMILES string of the molecule is Cc1ccccc1S(=O)(=O)OCCOc1ccc(C=CC(=O)O)cc1. The van der Waals surface area contributed by atoms with Crippen molar-refractivity contribution >= 4 is 22.2 Å². The van der Waals surface area contributed by atoms with Crippen molar-refractivity contribution in [1.82, 2.24) is 0 Å². The first-order chi connectivity index (χ1) is 11.9. The Bertz CT molecular complexity index is 853. The second-order valence-corrected chi connectivity index (χ2v) is 6.71. The highest BCUT2D eigenvalue weighted by Crippen LogP contribution is 2.17. The van der Waals surface area contributed by atoms with Crippen molar-refractivity contribution in [2.45, 2.75) is 11.8 Å². The fraction of sp³-hybridized carbons (Fsp3) is 0.167. The van der Waals surface area contributed by atoms with Crippen LogP contribution >= 0.6 is 0 Å². The zero-order valence-electron chi connectivity index (χ0n) is 13.6. The van der Waals surface area contributed by atoms with Crippen molar-refractivity contribution in [1.29, 1.82) is 0 Å². The van der Waals surface area contributed by atoms with Crippen LogP contribution in [0.5, 0.6) is 5.75 Å². The normalized spacial score (nSPS) is 11.6. The number of carboxylic acids is 1. The second kappa shape index (κ2) is 8.46. The summed E-state index contributed by atoms with van der Waals surface area (Å²) in [5.74, 6) is -0.489. The molecule has 0 bridgehead atoms. The van der Waals surface area contributed by atoms with Crippen molar-refractivity contribution in [2.75, 3.05) is 13.2 Å². The third kappa shape index (κ3) is 5.74. The lowest BCUT2D eigenvalue weighted by molar-refractivity contribution is -0.131. The number of hydrogen-bond donors (Lipinski definition) is 1. The Kier molecular flexibility index (Phi) is 6.32. The number of aliphatic carboxylic acids is 1. The van der Waals surface area contributed by atoms with Gasteiger partial charge in [0, 0.05) is 6.08 Å². The van der Waals surface area contributed by atoms with E-state index in [4.69, 9.17) is 14.0 Å². The number of carbonyl (C=O) groups is 1. The van der Waals surface area contributed by atoms with Gasteiger partial charge < -0.3 is 9.84 Å². The van der Waals surface area contributed by atoms with E-state index in [0.29, 0.717) is 16.9 Å². The van der Waals surface area contributed by atoms with Crippen LogP contribution in [0.25, 0.3) is 6.08 Å². The molecule has 2 aromatic rings. The topological polar surface area (TPSA) is 89.9 Å². The molecule has 0 aromatic heterocycles. The number of hydrogen-bond acceptors (Lipinski definition) is 5. The van der Waals surface area contributed by atoms with E-state index in [1.165, 1.54) is 12.1 Å². The maximum absolute atomic E-state index is 12.1. The Morgan fingerprint density at radius 3 is 2.40 bits per heavy atom. The van der Waals surface area contributed by atoms with Gasteiger partial charge in [0.05, 0.1) is 4.90 Å². The molecule has 132 valence electrons. The van der Waals surface area contributed by atoms with E-state index in [2.05, 4.69) is 0 Å². The van der Waals surface area contributed by atoms with Gasteiger partial charge in [-0.25, -0.2) is 4.79 Å². The van der Waals surface area contributed by atoms with Gasteiger partial charge in [-0.1, -0.05) is 30.3 Å². The highest BCUT2D eigenvalue weighted by atomic mass is 32.2. The number of carboxylic acid groups (broad SMARTS) is 1. The van der Waals surface area contributed by atoms with Gasteiger partial charge in [0.25, 0.3) is 10.1 Å². The van der Waals surface area contributed by atoms with Crippen molar-refractivity contribution < 1.29 is 27.2 Å². The largest absolute Gasteiger partial charge is 0.491 e. The van der Waals surface area contributed by atoms with Crippen molar-refractivity contribution in [3.63, 3.8) is 0 Å². The summed E-state index contributed by atoms with van der Waals surface area (Å²) >= 11 is 0. The lowest BCUT2D eigenvalue weighted by atomic mass is 10.2. The average Bonchev–Trinajstić information content (AvgIpc) is 2.58. The standard InChI is InChI=1S/C18H18O6S/c1-14-4-2-3-5-17(14)25(21,22)24-13-12-23-16-9-6-15(7-10-16)8-11-18(19)20/h2-11H,12-13H2,1H3,(H,19,20). The molecule has 25 heavy (non-hydrogen) atoms. The summed E-state index contributed by atoms with van der Waals surface area (Å²) in [6.45, 7) is 1.65. The molecule has 0 atom stereocenters. The van der Waals surface area contributed by atoms with Crippen LogP contribution in [0, 0.1) is 6.92 Å². The van der Waals surface area contributed by atoms with Crippen LogP contribution in [-0.4, -0.2) is 32.7 Å². The third-order valence-corrected chi connectivity index (χ3v) is 4.73. The molecule has 0 aliphatic heterocycles. The molecule has 0 unspecified atom stereocenters. The Morgan fingerprint density at radius 2 is 1.76 bits per heavy atom. The molecule has 0 saturated carbocycles. The van der Waals surface area contributed by atoms with Crippen molar-refractivity contribution in [3.8, 4) is 5.75 Å². The molecule has 7 heteroatoms. The molecular formula is C18H18O6S. The Morgan fingerprint density at radius 1 is 1.08 bits per heavy atom. The molecular weight excluding hydrogens is 344 g/mol. The molecule has 0 aliphatic carbocycles. The summed E-state index contributed by atoms with van der Waals surface area (Å²) in [4.78, 5) is 10.6. The molecule has 0 amide bonds. The van der Waals surface area contributed by atoms with Gasteiger partial charge in [-0.05, 0) is 42.3 Å². The molecule has 2 rings (SSSR count). The van der Waals surface area contributed by atoms with Crippen LogP contribution in [0.1, 0.15) is 11.1 Å². The van der Waals surface area contributed by atoms with Gasteiger partial charge in [-0.2, -0.15) is 8.42 Å². The van der Waals surface area contributed by atoms with Crippen LogP contribution in [0.15, 0.2) is 59.5 Å². The van der Waals surface area contributed by atoms with Gasteiger partial charge in [0.1, 0.15) is 19.0 Å². The molecule has 0 saturated heterocycles. The summed E-state index contributed by atoms with van der Waals surface area (Å²) < 4.78 is 34.6. The molecule has 0 radical (unpaired) electrons. The van der Waals surface area contributed by atoms with Crippen molar-refractivity contribution in [3.05, 3.63) is 65.7 Å². The molecule has 1 N–H and O–H groups in total. The molecule has 0 spiro atoms. The Hall–Kier alpha value is -2.64. The molecule has 0 heterocycles. The van der Waals surface area contributed by atoms with Gasteiger partial charge in [-0.15, -0.1) is 0 Å². The number of aryl methyl sites for hydroxylation is 1. The summed E-state index contributed by atoms with van der Waals surface area (Å²) in [7, 11) is -3.81. The van der Waals surface area contributed by atoms with Crippen LogP contribution in [0.2, 0.25) is 0 Å². The quantitative estimate of drug-likeness (QED) is 0.441. The van der Waals surface area contributed by atoms with Gasteiger partial charge in [0.15, 0.2) is 0 Å². The highest BCUT2D eigenvalue weighted by molar-refractivity contribution is 7.86. The van der Waals surface area contributed by atoms with Gasteiger partial charge in [-0.3, -0.25) is 4.18 Å². The predicted octanol–water partition coefficient (Wildman–Crippen LogP) is 2.88. The minimum Gasteiger partial charge on any atom is -0.491 e. The minimum atomic E-state index is -3.81. The summed E-state index contributed by atoms with van der Waals surface area (Å²) in [6.07, 6.45) is 2.50. The number of benzene rings is 2. The predicted molar refractivity (Wildman–Crippen MR) is 92.9 cm³/mol. The zero-order valence-corrected chi connectivity index (χ0v) is 14.4. The van der Waals surface area contributed by atoms with Gasteiger partial charge in [0.2, 0.25) is 0 Å². The number of rotatable bonds is 8. The minimum absolute atomic E-state index is 0.0649. The summed E-state index contributed by atoms with van der Waals surface area (Å²) in [5.41, 5.74) is 1.33. The summed E-state index contributed by atoms with van der Waals surface area (Å²) in [6, 6.07) is 13.3. The molecule has 0 aliphatic rings. The number of ether oxygens (including phenoxy) is 1. The average molecular weight is 362 g/mol. The van der Waals surface area contributed by atoms with E-state index < -0.39 is 16.1 Å². The monoisotopic (exact) mass is 362 g/mol. The van der Waals surface area contributed by atoms with E-state index in [-0.39, 0.29) is 18.1 Å². The fourth-order valence-electron chi connectivity index (χ4n) is 2.05. The Labute approximate surface area is 146 Å². The molecule has 6 nitrogen and oxygen atoms in total. The fourth-order valence-corrected chi connectivity index (χ4v) is 3.17. The van der Waals surface area contributed by atoms with Crippen LogP contribution in [-0.2, 0) is 19.1 Å². The second-order valence-electron chi connectivity index (χ2n) is 5.13. The zero-order chi connectivity index (χ0) is 18.3. The maximum Gasteiger partial charge on any atom is 0.328 e. The Balaban J connectivity index is 1.85. The lowest BCUT2D eigenvalue weighted by Crippen LogP contribution is -2.13. The third-order valence-electron chi connectivity index (χ3n) is 3.25. The molecule has 2 aromatic carbocycles.